The van der Waals surface area contributed by atoms with Crippen LogP contribution in [-0.2, 0) is 32.2 Å². The molecule has 2 aliphatic heterocycles. The van der Waals surface area contributed by atoms with Crippen molar-refractivity contribution in [3.05, 3.63) is 95.1 Å². The zero-order valence-electron chi connectivity index (χ0n) is 27.2. The molecule has 47 heavy (non-hydrogen) atoms. The van der Waals surface area contributed by atoms with Crippen molar-refractivity contribution in [1.29, 1.82) is 0 Å². The number of rotatable bonds is 13. The van der Waals surface area contributed by atoms with Gasteiger partial charge >= 0.3 is 0 Å². The van der Waals surface area contributed by atoms with Gasteiger partial charge in [-0.05, 0) is 78.7 Å². The Labute approximate surface area is 278 Å². The minimum atomic E-state index is -0.517. The van der Waals surface area contributed by atoms with Crippen molar-refractivity contribution in [3.8, 4) is 11.1 Å². The molecule has 2 fully saturated rings. The first-order valence-corrected chi connectivity index (χ1v) is 17.1. The van der Waals surface area contributed by atoms with Gasteiger partial charge in [-0.2, -0.15) is 0 Å². The lowest BCUT2D eigenvalue weighted by atomic mass is 9.98. The minimum absolute atomic E-state index is 0.0167. The number of aliphatic hydroxyl groups excluding tert-OH is 1. The van der Waals surface area contributed by atoms with Crippen LogP contribution in [0, 0.1) is 0 Å². The molecule has 252 valence electrons. The van der Waals surface area contributed by atoms with Crippen molar-refractivity contribution in [2.45, 2.75) is 95.9 Å². The van der Waals surface area contributed by atoms with Crippen LogP contribution in [0.5, 0.6) is 0 Å². The smallest absolute Gasteiger partial charge is 0.243 e. The first kappa shape index (κ1) is 34.7. The van der Waals surface area contributed by atoms with Crippen LogP contribution in [-0.4, -0.2) is 52.8 Å². The van der Waals surface area contributed by atoms with Gasteiger partial charge in [0.2, 0.25) is 11.8 Å². The standard InChI is InChI=1S/C38H49N3O6/c42-27-28-16-18-30(19-17-28)35-24-34(26-41-20-6-2-1-3-7-21-41)46-38(47-35)33-13-9-12-32(23-33)31-11-8-10-29(22-31)25-39-36(43)14-4-5-15-37(44)40-45/h8-13,16-19,22-23,34-35,38,42,45H,1-7,14-15,20-21,24-27H2,(H,39,43)(H,40,44). The van der Waals surface area contributed by atoms with Crippen molar-refractivity contribution in [3.63, 3.8) is 0 Å². The summed E-state index contributed by atoms with van der Waals surface area (Å²) in [4.78, 5) is 26.1. The second kappa shape index (κ2) is 18.1. The number of benzene rings is 3. The van der Waals surface area contributed by atoms with Crippen molar-refractivity contribution in [1.82, 2.24) is 15.7 Å². The summed E-state index contributed by atoms with van der Waals surface area (Å²) < 4.78 is 13.3. The topological polar surface area (TPSA) is 120 Å². The third-order valence-corrected chi connectivity index (χ3v) is 9.12. The molecule has 3 unspecified atom stereocenters. The highest BCUT2D eigenvalue weighted by Crippen LogP contribution is 2.39. The number of aliphatic hydroxyl groups is 1. The van der Waals surface area contributed by atoms with E-state index in [4.69, 9.17) is 14.7 Å². The van der Waals surface area contributed by atoms with Crippen molar-refractivity contribution < 1.29 is 29.4 Å². The molecule has 0 aliphatic carbocycles. The molecular weight excluding hydrogens is 594 g/mol. The monoisotopic (exact) mass is 643 g/mol. The number of hydrogen-bond donors (Lipinski definition) is 4. The number of nitrogens with one attached hydrogen (secondary N) is 2. The van der Waals surface area contributed by atoms with Crippen LogP contribution >= 0.6 is 0 Å². The molecule has 3 atom stereocenters. The van der Waals surface area contributed by atoms with E-state index in [-0.39, 0.29) is 31.1 Å². The largest absolute Gasteiger partial charge is 0.392 e. The second-order valence-corrected chi connectivity index (χ2v) is 12.8. The van der Waals surface area contributed by atoms with Crippen LogP contribution in [0.25, 0.3) is 11.1 Å². The Morgan fingerprint density at radius 3 is 2.17 bits per heavy atom. The van der Waals surface area contributed by atoms with E-state index >= 15 is 0 Å². The zero-order chi connectivity index (χ0) is 32.8. The molecule has 9 nitrogen and oxygen atoms in total. The molecule has 2 heterocycles. The molecular formula is C38H49N3O6. The summed E-state index contributed by atoms with van der Waals surface area (Å²) >= 11 is 0. The summed E-state index contributed by atoms with van der Waals surface area (Å²) in [5, 5.41) is 21.1. The highest BCUT2D eigenvalue weighted by atomic mass is 16.7. The molecule has 5 rings (SSSR count). The lowest BCUT2D eigenvalue weighted by Crippen LogP contribution is -2.40. The number of unbranched alkanes of at least 4 members (excludes halogenated alkanes) is 1. The van der Waals surface area contributed by atoms with Gasteiger partial charge in [0.15, 0.2) is 6.29 Å². The SMILES string of the molecule is O=C(CCCCC(=O)NCc1cccc(-c2cccc(C3OC(CN4CCCCCCC4)CC(c4ccc(CO)cc4)O3)c2)c1)NO. The predicted molar refractivity (Wildman–Crippen MR) is 180 cm³/mol. The molecule has 0 radical (unpaired) electrons. The number of carbonyl (C=O) groups excluding carboxylic acids is 2. The van der Waals surface area contributed by atoms with Crippen LogP contribution in [0.2, 0.25) is 0 Å². The third kappa shape index (κ3) is 10.7. The molecule has 9 heteroatoms. The average Bonchev–Trinajstić information content (AvgIpc) is 3.10. The molecule has 2 aliphatic rings. The van der Waals surface area contributed by atoms with Crippen molar-refractivity contribution in [2.24, 2.45) is 0 Å². The van der Waals surface area contributed by atoms with Gasteiger partial charge in [0.25, 0.3) is 0 Å². The van der Waals surface area contributed by atoms with E-state index in [9.17, 15) is 14.7 Å². The lowest BCUT2D eigenvalue weighted by molar-refractivity contribution is -0.253. The molecule has 4 N–H and O–H groups in total. The minimum Gasteiger partial charge on any atom is -0.392 e. The van der Waals surface area contributed by atoms with Crippen molar-refractivity contribution in [2.75, 3.05) is 19.6 Å². The normalized spacial score (nSPS) is 20.6. The summed E-state index contributed by atoms with van der Waals surface area (Å²) in [5.41, 5.74) is 7.62. The average molecular weight is 644 g/mol. The fraction of sp³-hybridized carbons (Fsp3) is 0.474. The number of hydrogen-bond acceptors (Lipinski definition) is 7. The highest BCUT2D eigenvalue weighted by Gasteiger charge is 2.33. The van der Waals surface area contributed by atoms with Gasteiger partial charge in [0.05, 0.1) is 18.8 Å². The Hall–Kier alpha value is -3.60. The Balaban J connectivity index is 1.26. The molecule has 3 aromatic carbocycles. The fourth-order valence-electron chi connectivity index (χ4n) is 6.46. The van der Waals surface area contributed by atoms with Gasteiger partial charge in [-0.25, -0.2) is 5.48 Å². The van der Waals surface area contributed by atoms with E-state index in [0.29, 0.717) is 25.8 Å². The zero-order valence-corrected chi connectivity index (χ0v) is 27.2. The fourth-order valence-corrected chi connectivity index (χ4v) is 6.46. The highest BCUT2D eigenvalue weighted by molar-refractivity contribution is 5.76. The van der Waals surface area contributed by atoms with Gasteiger partial charge in [-0.1, -0.05) is 79.9 Å². The van der Waals surface area contributed by atoms with Gasteiger partial charge in [-0.3, -0.25) is 14.8 Å². The molecule has 2 amide bonds. The lowest BCUT2D eigenvalue weighted by Gasteiger charge is -2.39. The summed E-state index contributed by atoms with van der Waals surface area (Å²) in [7, 11) is 0. The van der Waals surface area contributed by atoms with Crippen LogP contribution < -0.4 is 10.8 Å². The number of nitrogens with zero attached hydrogens (tertiary/aromatic N) is 1. The third-order valence-electron chi connectivity index (χ3n) is 9.12. The number of carbonyl (C=O) groups is 2. The van der Waals surface area contributed by atoms with Crippen LogP contribution in [0.15, 0.2) is 72.8 Å². The number of ether oxygens (including phenoxy) is 2. The molecule has 2 saturated heterocycles. The second-order valence-electron chi connectivity index (χ2n) is 12.8. The Bertz CT molecular complexity index is 1420. The summed E-state index contributed by atoms with van der Waals surface area (Å²) in [6.07, 6.45) is 8.17. The Morgan fingerprint density at radius 1 is 0.766 bits per heavy atom. The molecule has 0 saturated carbocycles. The van der Waals surface area contributed by atoms with E-state index < -0.39 is 12.2 Å². The quantitative estimate of drug-likeness (QED) is 0.0975. The maximum absolute atomic E-state index is 12.3. The first-order chi connectivity index (χ1) is 23.0. The van der Waals surface area contributed by atoms with Gasteiger partial charge in [-0.15, -0.1) is 0 Å². The molecule has 3 aromatic rings. The van der Waals surface area contributed by atoms with E-state index in [0.717, 1.165) is 59.4 Å². The maximum atomic E-state index is 12.3. The van der Waals surface area contributed by atoms with E-state index in [1.807, 2.05) is 30.3 Å². The van der Waals surface area contributed by atoms with Crippen LogP contribution in [0.3, 0.4) is 0 Å². The first-order valence-electron chi connectivity index (χ1n) is 17.1. The molecule has 0 spiro atoms. The van der Waals surface area contributed by atoms with Crippen LogP contribution in [0.4, 0.5) is 0 Å². The predicted octanol–water partition coefficient (Wildman–Crippen LogP) is 6.34. The Kier molecular flexibility index (Phi) is 13.4. The van der Waals surface area contributed by atoms with E-state index in [2.05, 4.69) is 52.7 Å². The molecule has 0 aromatic heterocycles. The summed E-state index contributed by atoms with van der Waals surface area (Å²) in [6, 6.07) is 24.5. The number of likely N-dealkylation sites (tertiary alicyclic amines) is 1. The van der Waals surface area contributed by atoms with Crippen molar-refractivity contribution >= 4 is 11.8 Å². The summed E-state index contributed by atoms with van der Waals surface area (Å²) in [6.45, 7) is 3.53. The van der Waals surface area contributed by atoms with E-state index in [1.54, 1.807) is 5.48 Å². The molecule has 0 bridgehead atoms. The Morgan fingerprint density at radius 2 is 1.45 bits per heavy atom. The summed E-state index contributed by atoms with van der Waals surface area (Å²) in [5.74, 6) is -0.511. The van der Waals surface area contributed by atoms with Gasteiger partial charge in [0.1, 0.15) is 0 Å². The van der Waals surface area contributed by atoms with Gasteiger partial charge < -0.3 is 24.8 Å². The van der Waals surface area contributed by atoms with Gasteiger partial charge in [0, 0.05) is 37.9 Å². The maximum Gasteiger partial charge on any atom is 0.243 e. The van der Waals surface area contributed by atoms with E-state index in [1.165, 1.54) is 32.1 Å². The number of amides is 2. The number of hydroxylamine groups is 1. The van der Waals surface area contributed by atoms with Crippen LogP contribution in [0.1, 0.15) is 98.9 Å².